The van der Waals surface area contributed by atoms with Crippen molar-refractivity contribution < 1.29 is 14.7 Å². The number of benzene rings is 2. The molecule has 24 heavy (non-hydrogen) atoms. The number of fused-ring (bicyclic) bond motifs is 1. The minimum atomic E-state index is -0.399. The molecule has 0 saturated heterocycles. The third-order valence-corrected chi connectivity index (χ3v) is 4.58. The predicted octanol–water partition coefficient (Wildman–Crippen LogP) is 2.37. The Labute approximate surface area is 139 Å². The fourth-order valence-corrected chi connectivity index (χ4v) is 3.24. The molecule has 2 N–H and O–H groups in total. The molecule has 1 heterocycles. The molecule has 4 rings (SSSR count). The number of aliphatic hydroxyl groups is 1. The van der Waals surface area contributed by atoms with Gasteiger partial charge in [0.15, 0.2) is 0 Å². The molecule has 0 aromatic heterocycles. The van der Waals surface area contributed by atoms with Gasteiger partial charge in [0.1, 0.15) is 5.70 Å². The number of nitrogens with zero attached hydrogens (tertiary/aromatic N) is 1. The summed E-state index contributed by atoms with van der Waals surface area (Å²) in [5.74, 6) is -0.155. The molecular weight excluding hydrogens is 304 g/mol. The van der Waals surface area contributed by atoms with Gasteiger partial charge in [-0.1, -0.05) is 30.3 Å². The van der Waals surface area contributed by atoms with E-state index in [1.165, 1.54) is 29.9 Å². The lowest BCUT2D eigenvalue weighted by Gasteiger charge is -2.15. The fourth-order valence-electron chi connectivity index (χ4n) is 3.24. The Morgan fingerprint density at radius 3 is 2.54 bits per heavy atom. The van der Waals surface area contributed by atoms with Gasteiger partial charge in [-0.15, -0.1) is 0 Å². The average Bonchev–Trinajstić information content (AvgIpc) is 3.39. The van der Waals surface area contributed by atoms with Crippen molar-refractivity contribution in [1.82, 2.24) is 4.90 Å². The summed E-state index contributed by atoms with van der Waals surface area (Å²) in [5.41, 5.74) is 2.41. The molecule has 2 aromatic rings. The molecular formula is C19H18N2O3. The summed E-state index contributed by atoms with van der Waals surface area (Å²) < 4.78 is 0. The van der Waals surface area contributed by atoms with Gasteiger partial charge in [-0.05, 0) is 35.8 Å². The van der Waals surface area contributed by atoms with Crippen LogP contribution in [-0.4, -0.2) is 35.0 Å². The van der Waals surface area contributed by atoms with Crippen molar-refractivity contribution in [2.75, 3.05) is 18.5 Å². The molecule has 1 aliphatic heterocycles. The Morgan fingerprint density at radius 2 is 1.83 bits per heavy atom. The summed E-state index contributed by atoms with van der Waals surface area (Å²) in [4.78, 5) is 25.2. The second-order valence-corrected chi connectivity index (χ2v) is 6.22. The lowest BCUT2D eigenvalue weighted by Crippen LogP contribution is -2.34. The van der Waals surface area contributed by atoms with Crippen molar-refractivity contribution in [2.45, 2.75) is 18.8 Å². The number of hydrogen-bond donors (Lipinski definition) is 2. The van der Waals surface area contributed by atoms with Crippen molar-refractivity contribution in [3.63, 3.8) is 0 Å². The van der Waals surface area contributed by atoms with Crippen LogP contribution in [0.4, 0.5) is 5.69 Å². The van der Waals surface area contributed by atoms with Crippen molar-refractivity contribution >= 4 is 28.3 Å². The van der Waals surface area contributed by atoms with E-state index in [-0.39, 0.29) is 18.8 Å². The van der Waals surface area contributed by atoms with Crippen LogP contribution in [0.2, 0.25) is 0 Å². The number of carbonyl (C=O) groups excluding carboxylic acids is 2. The Hall–Kier alpha value is -2.66. The SMILES string of the molecule is O=C1C=C(Nc2ccc(C3CC3)c3ccccc23)C(=O)N1CCO. The van der Waals surface area contributed by atoms with Gasteiger partial charge in [0.25, 0.3) is 11.8 Å². The van der Waals surface area contributed by atoms with Gasteiger partial charge in [0.05, 0.1) is 13.2 Å². The normalized spacial score (nSPS) is 17.5. The van der Waals surface area contributed by atoms with Crippen LogP contribution in [0.25, 0.3) is 10.8 Å². The highest BCUT2D eigenvalue weighted by Gasteiger charge is 2.31. The molecule has 122 valence electrons. The van der Waals surface area contributed by atoms with Gasteiger partial charge >= 0.3 is 0 Å². The van der Waals surface area contributed by atoms with Crippen molar-refractivity contribution in [3.05, 3.63) is 53.7 Å². The number of carbonyl (C=O) groups is 2. The van der Waals surface area contributed by atoms with Crippen LogP contribution < -0.4 is 5.32 Å². The van der Waals surface area contributed by atoms with Crippen LogP contribution in [-0.2, 0) is 9.59 Å². The van der Waals surface area contributed by atoms with Crippen LogP contribution in [0.5, 0.6) is 0 Å². The maximum absolute atomic E-state index is 12.3. The number of hydrogen-bond acceptors (Lipinski definition) is 4. The highest BCUT2D eigenvalue weighted by atomic mass is 16.3. The molecule has 0 radical (unpaired) electrons. The summed E-state index contributed by atoms with van der Waals surface area (Å²) in [6.07, 6.45) is 3.75. The van der Waals surface area contributed by atoms with Gasteiger partial charge in [-0.3, -0.25) is 14.5 Å². The Morgan fingerprint density at radius 1 is 1.08 bits per heavy atom. The van der Waals surface area contributed by atoms with Crippen LogP contribution in [0.1, 0.15) is 24.3 Å². The maximum atomic E-state index is 12.3. The van der Waals surface area contributed by atoms with Gasteiger partial charge in [0, 0.05) is 17.1 Å². The molecule has 0 spiro atoms. The molecule has 1 fully saturated rings. The first-order chi connectivity index (χ1) is 11.7. The minimum Gasteiger partial charge on any atom is -0.395 e. The lowest BCUT2D eigenvalue weighted by molar-refractivity contribution is -0.137. The van der Waals surface area contributed by atoms with E-state index >= 15 is 0 Å². The molecule has 1 aliphatic carbocycles. The summed E-state index contributed by atoms with van der Waals surface area (Å²) in [6.45, 7) is -0.224. The van der Waals surface area contributed by atoms with E-state index in [0.29, 0.717) is 5.92 Å². The van der Waals surface area contributed by atoms with Crippen molar-refractivity contribution in [2.24, 2.45) is 0 Å². The number of imide groups is 1. The third kappa shape index (κ3) is 2.47. The van der Waals surface area contributed by atoms with Crippen molar-refractivity contribution in [1.29, 1.82) is 0 Å². The number of nitrogens with one attached hydrogen (secondary N) is 1. The quantitative estimate of drug-likeness (QED) is 0.829. The highest BCUT2D eigenvalue weighted by molar-refractivity contribution is 6.18. The summed E-state index contributed by atoms with van der Waals surface area (Å²) in [6, 6.07) is 12.2. The zero-order valence-electron chi connectivity index (χ0n) is 13.2. The van der Waals surface area contributed by atoms with Crippen LogP contribution in [0, 0.1) is 0 Å². The topological polar surface area (TPSA) is 69.6 Å². The van der Waals surface area contributed by atoms with Gasteiger partial charge in [-0.2, -0.15) is 0 Å². The first kappa shape index (κ1) is 14.9. The van der Waals surface area contributed by atoms with E-state index in [4.69, 9.17) is 5.11 Å². The molecule has 1 saturated carbocycles. The third-order valence-electron chi connectivity index (χ3n) is 4.58. The van der Waals surface area contributed by atoms with E-state index < -0.39 is 11.8 Å². The molecule has 5 heteroatoms. The summed E-state index contributed by atoms with van der Waals surface area (Å²) >= 11 is 0. The molecule has 0 bridgehead atoms. The molecule has 2 aromatic carbocycles. The zero-order valence-corrected chi connectivity index (χ0v) is 13.2. The highest BCUT2D eigenvalue weighted by Crippen LogP contribution is 2.44. The number of β-amino-alcohol motifs (C(OH)–C–C–N with tert-alkyl or cyclic N) is 1. The number of amides is 2. The zero-order chi connectivity index (χ0) is 16.7. The lowest BCUT2D eigenvalue weighted by atomic mass is 9.99. The first-order valence-corrected chi connectivity index (χ1v) is 8.16. The van der Waals surface area contributed by atoms with E-state index in [9.17, 15) is 9.59 Å². The monoisotopic (exact) mass is 322 g/mol. The fraction of sp³-hybridized carbons (Fsp3) is 0.263. The molecule has 2 aliphatic rings. The number of anilines is 1. The number of rotatable bonds is 5. The predicted molar refractivity (Wildman–Crippen MR) is 91.4 cm³/mol. The molecule has 0 atom stereocenters. The summed E-state index contributed by atoms with van der Waals surface area (Å²) in [7, 11) is 0. The summed E-state index contributed by atoms with van der Waals surface area (Å²) in [5, 5.41) is 14.3. The van der Waals surface area contributed by atoms with E-state index in [1.54, 1.807) is 0 Å². The second-order valence-electron chi connectivity index (χ2n) is 6.22. The van der Waals surface area contributed by atoms with Gasteiger partial charge < -0.3 is 10.4 Å². The Balaban J connectivity index is 1.69. The standard InChI is InChI=1S/C19H18N2O3/c22-10-9-21-18(23)11-17(19(21)24)20-16-8-7-13(12-5-6-12)14-3-1-2-4-15(14)16/h1-4,7-8,11-12,20,22H,5-6,9-10H2. The second kappa shape index (κ2) is 5.76. The van der Waals surface area contributed by atoms with Crippen LogP contribution in [0.3, 0.4) is 0 Å². The van der Waals surface area contributed by atoms with Crippen molar-refractivity contribution in [3.8, 4) is 0 Å². The van der Waals surface area contributed by atoms with E-state index in [1.807, 2.05) is 24.3 Å². The minimum absolute atomic E-state index is 0.0146. The van der Waals surface area contributed by atoms with E-state index in [2.05, 4.69) is 17.4 Å². The Kier molecular flexibility index (Phi) is 3.58. The molecule has 0 unspecified atom stereocenters. The van der Waals surface area contributed by atoms with Crippen LogP contribution in [0.15, 0.2) is 48.2 Å². The molecule has 5 nitrogen and oxygen atoms in total. The smallest absolute Gasteiger partial charge is 0.277 e. The van der Waals surface area contributed by atoms with E-state index in [0.717, 1.165) is 16.0 Å². The number of aliphatic hydroxyl groups excluding tert-OH is 1. The first-order valence-electron chi connectivity index (χ1n) is 8.16. The van der Waals surface area contributed by atoms with Gasteiger partial charge in [0.2, 0.25) is 0 Å². The molecule has 2 amide bonds. The maximum Gasteiger partial charge on any atom is 0.277 e. The average molecular weight is 322 g/mol. The largest absolute Gasteiger partial charge is 0.395 e. The van der Waals surface area contributed by atoms with Gasteiger partial charge in [-0.25, -0.2) is 0 Å². The van der Waals surface area contributed by atoms with Crippen LogP contribution >= 0.6 is 0 Å². The Bertz CT molecular complexity index is 868.